The number of nitrogens with zero attached hydrogens (tertiary/aromatic N) is 4. The zero-order valence-electron chi connectivity index (χ0n) is 16.2. The van der Waals surface area contributed by atoms with Gasteiger partial charge in [-0.1, -0.05) is 25.6 Å². The van der Waals surface area contributed by atoms with Gasteiger partial charge in [-0.3, -0.25) is 15.1 Å². The molecule has 3 N–H and O–H groups in total. The summed E-state index contributed by atoms with van der Waals surface area (Å²) in [6, 6.07) is 9.42. The van der Waals surface area contributed by atoms with Crippen molar-refractivity contribution in [3.05, 3.63) is 67.0 Å². The van der Waals surface area contributed by atoms with Crippen LogP contribution in [0.4, 0.5) is 10.1 Å². The number of hydrogen-bond donors (Lipinski definition) is 3. The van der Waals surface area contributed by atoms with Crippen molar-refractivity contribution < 1.29 is 4.39 Å². The molecular formula is C22H18FN7. The first-order chi connectivity index (χ1) is 14.6. The van der Waals surface area contributed by atoms with Crippen LogP contribution >= 0.6 is 0 Å². The van der Waals surface area contributed by atoms with E-state index in [0.717, 1.165) is 28.8 Å². The van der Waals surface area contributed by atoms with Gasteiger partial charge in [0.05, 0.1) is 40.0 Å². The van der Waals surface area contributed by atoms with Gasteiger partial charge in [0.15, 0.2) is 11.6 Å². The molecule has 0 aliphatic carbocycles. The molecule has 0 radical (unpaired) electrons. The van der Waals surface area contributed by atoms with Crippen LogP contribution in [0.2, 0.25) is 0 Å². The Hall–Kier alpha value is -4.07. The van der Waals surface area contributed by atoms with Crippen molar-refractivity contribution in [2.24, 2.45) is 0 Å². The second-order valence-corrected chi connectivity index (χ2v) is 6.93. The predicted molar refractivity (Wildman–Crippen MR) is 115 cm³/mol. The van der Waals surface area contributed by atoms with Crippen LogP contribution in [-0.4, -0.2) is 30.1 Å². The third-order valence-corrected chi connectivity index (χ3v) is 4.92. The number of para-hydroxylation sites is 2. The molecule has 7 nitrogen and oxygen atoms in total. The lowest BCUT2D eigenvalue weighted by molar-refractivity contribution is 0.638. The first-order valence-electron chi connectivity index (χ1n) is 9.52. The van der Waals surface area contributed by atoms with Crippen molar-refractivity contribution in [2.45, 2.75) is 13.3 Å². The lowest BCUT2D eigenvalue weighted by Crippen LogP contribution is -1.98. The van der Waals surface area contributed by atoms with E-state index in [1.165, 1.54) is 0 Å². The van der Waals surface area contributed by atoms with Crippen LogP contribution in [-0.2, 0) is 0 Å². The number of H-pyrrole nitrogens is 2. The molecule has 1 aromatic carbocycles. The van der Waals surface area contributed by atoms with Crippen LogP contribution in [0.25, 0.3) is 44.7 Å². The summed E-state index contributed by atoms with van der Waals surface area (Å²) in [5.74, 6) is 0.0104. The normalized spacial score (nSPS) is 11.3. The SMILES string of the molecule is C=C(CC)Nc1cncc(-c2ncc3[nH]nc(-c4nc5ccccc5[nH]4)c3c2F)c1. The van der Waals surface area contributed by atoms with Crippen molar-refractivity contribution in [3.63, 3.8) is 0 Å². The van der Waals surface area contributed by atoms with Gasteiger partial charge in [-0.25, -0.2) is 9.37 Å². The molecule has 0 bridgehead atoms. The Morgan fingerprint density at radius 2 is 2.00 bits per heavy atom. The van der Waals surface area contributed by atoms with Crippen molar-refractivity contribution in [1.82, 2.24) is 30.1 Å². The zero-order chi connectivity index (χ0) is 20.7. The molecule has 0 saturated carbocycles. The fourth-order valence-electron chi connectivity index (χ4n) is 3.34. The molecule has 5 rings (SSSR count). The number of benzene rings is 1. The number of aromatic nitrogens is 6. The van der Waals surface area contributed by atoms with Gasteiger partial charge in [0, 0.05) is 17.5 Å². The van der Waals surface area contributed by atoms with Crippen LogP contribution in [0, 0.1) is 5.82 Å². The van der Waals surface area contributed by atoms with E-state index in [1.807, 2.05) is 31.2 Å². The minimum absolute atomic E-state index is 0.194. The van der Waals surface area contributed by atoms with Crippen molar-refractivity contribution in [3.8, 4) is 22.8 Å². The molecule has 0 aliphatic rings. The molecule has 0 spiro atoms. The van der Waals surface area contributed by atoms with Crippen LogP contribution in [0.5, 0.6) is 0 Å². The summed E-state index contributed by atoms with van der Waals surface area (Å²) in [4.78, 5) is 16.3. The van der Waals surface area contributed by atoms with Gasteiger partial charge in [0.2, 0.25) is 0 Å². The van der Waals surface area contributed by atoms with Gasteiger partial charge >= 0.3 is 0 Å². The first-order valence-corrected chi connectivity index (χ1v) is 9.52. The van der Waals surface area contributed by atoms with Gasteiger partial charge < -0.3 is 10.3 Å². The number of hydrogen-bond acceptors (Lipinski definition) is 5. The van der Waals surface area contributed by atoms with E-state index in [2.05, 4.69) is 42.0 Å². The van der Waals surface area contributed by atoms with Gasteiger partial charge in [-0.2, -0.15) is 5.10 Å². The van der Waals surface area contributed by atoms with Crippen LogP contribution in [0.15, 0.2) is 61.2 Å². The average molecular weight is 399 g/mol. The second kappa shape index (κ2) is 7.07. The van der Waals surface area contributed by atoms with E-state index < -0.39 is 5.82 Å². The summed E-state index contributed by atoms with van der Waals surface area (Å²) in [6.45, 7) is 5.93. The standard InChI is InChI=1S/C22H18FN7/c1-3-12(2)26-14-8-13(9-24-10-14)20-19(23)18-17(11-25-20)29-30-21(18)22-27-15-6-4-5-7-16(15)28-22/h4-11,26H,2-3H2,1H3,(H,27,28)(H,29,30). The number of halogens is 1. The molecule has 148 valence electrons. The largest absolute Gasteiger partial charge is 0.358 e. The van der Waals surface area contributed by atoms with E-state index >= 15 is 4.39 Å². The Bertz CT molecular complexity index is 1370. The molecule has 0 saturated heterocycles. The molecule has 30 heavy (non-hydrogen) atoms. The molecule has 0 fully saturated rings. The topological polar surface area (TPSA) is 95.2 Å². The number of imidazole rings is 1. The summed E-state index contributed by atoms with van der Waals surface area (Å²) in [6.07, 6.45) is 5.59. The van der Waals surface area contributed by atoms with E-state index in [0.29, 0.717) is 28.0 Å². The maximum atomic E-state index is 15.6. The Balaban J connectivity index is 1.63. The fraction of sp³-hybridized carbons (Fsp3) is 0.0909. The number of fused-ring (bicyclic) bond motifs is 2. The Labute approximate surface area is 171 Å². The number of nitrogens with one attached hydrogen (secondary N) is 3. The highest BCUT2D eigenvalue weighted by atomic mass is 19.1. The average Bonchev–Trinajstić information content (AvgIpc) is 3.38. The van der Waals surface area contributed by atoms with E-state index in [-0.39, 0.29) is 5.69 Å². The lowest BCUT2D eigenvalue weighted by atomic mass is 10.1. The van der Waals surface area contributed by atoms with Crippen LogP contribution in [0.1, 0.15) is 13.3 Å². The summed E-state index contributed by atoms with van der Waals surface area (Å²) in [5.41, 5.74) is 4.87. The van der Waals surface area contributed by atoms with Crippen molar-refractivity contribution >= 4 is 27.6 Å². The van der Waals surface area contributed by atoms with E-state index in [9.17, 15) is 0 Å². The van der Waals surface area contributed by atoms with Crippen LogP contribution < -0.4 is 5.32 Å². The predicted octanol–water partition coefficient (Wildman–Crippen LogP) is 5.04. The summed E-state index contributed by atoms with van der Waals surface area (Å²) >= 11 is 0. The zero-order valence-corrected chi connectivity index (χ0v) is 16.2. The van der Waals surface area contributed by atoms with Gasteiger partial charge in [0.25, 0.3) is 0 Å². The number of pyridine rings is 2. The third-order valence-electron chi connectivity index (χ3n) is 4.92. The molecule has 0 unspecified atom stereocenters. The Morgan fingerprint density at radius 1 is 1.13 bits per heavy atom. The summed E-state index contributed by atoms with van der Waals surface area (Å²) in [7, 11) is 0. The fourth-order valence-corrected chi connectivity index (χ4v) is 3.34. The molecule has 0 aliphatic heterocycles. The molecule has 4 heterocycles. The minimum atomic E-state index is -0.482. The van der Waals surface area contributed by atoms with Gasteiger partial charge in [0.1, 0.15) is 11.4 Å². The number of anilines is 1. The molecule has 4 aromatic heterocycles. The van der Waals surface area contributed by atoms with Gasteiger partial charge in [-0.05, 0) is 24.6 Å². The highest BCUT2D eigenvalue weighted by Gasteiger charge is 2.20. The van der Waals surface area contributed by atoms with Crippen molar-refractivity contribution in [2.75, 3.05) is 5.32 Å². The minimum Gasteiger partial charge on any atom is -0.358 e. The monoisotopic (exact) mass is 399 g/mol. The molecule has 5 aromatic rings. The van der Waals surface area contributed by atoms with Crippen molar-refractivity contribution in [1.29, 1.82) is 0 Å². The Morgan fingerprint density at radius 3 is 2.83 bits per heavy atom. The smallest absolute Gasteiger partial charge is 0.161 e. The summed E-state index contributed by atoms with van der Waals surface area (Å²) < 4.78 is 15.6. The summed E-state index contributed by atoms with van der Waals surface area (Å²) in [5, 5.41) is 10.6. The highest BCUT2D eigenvalue weighted by molar-refractivity contribution is 5.95. The third kappa shape index (κ3) is 2.98. The maximum absolute atomic E-state index is 15.6. The molecule has 0 atom stereocenters. The number of allylic oxidation sites excluding steroid dienone is 1. The molecule has 0 amide bonds. The quantitative estimate of drug-likeness (QED) is 0.385. The lowest BCUT2D eigenvalue weighted by Gasteiger charge is -2.09. The van der Waals surface area contributed by atoms with Crippen LogP contribution in [0.3, 0.4) is 0 Å². The highest BCUT2D eigenvalue weighted by Crippen LogP contribution is 2.32. The first kappa shape index (κ1) is 18.0. The maximum Gasteiger partial charge on any atom is 0.161 e. The molecular weight excluding hydrogens is 381 g/mol. The second-order valence-electron chi connectivity index (χ2n) is 6.93. The van der Waals surface area contributed by atoms with E-state index in [1.54, 1.807) is 24.7 Å². The number of rotatable bonds is 5. The molecule has 8 heteroatoms. The van der Waals surface area contributed by atoms with E-state index in [4.69, 9.17) is 0 Å². The Kier molecular flexibility index (Phi) is 4.24. The number of aromatic amines is 2. The van der Waals surface area contributed by atoms with Gasteiger partial charge in [-0.15, -0.1) is 0 Å².